The van der Waals surface area contributed by atoms with Crippen LogP contribution in [0.3, 0.4) is 0 Å². The van der Waals surface area contributed by atoms with Gasteiger partial charge >= 0.3 is 6.18 Å². The number of carbonyl (C=O) groups excluding carboxylic acids is 1. The molecule has 2 saturated heterocycles. The second-order valence-electron chi connectivity index (χ2n) is 8.67. The molecule has 172 valence electrons. The van der Waals surface area contributed by atoms with Gasteiger partial charge in [-0.3, -0.25) is 14.8 Å². The fourth-order valence-electron chi connectivity index (χ4n) is 4.75. The van der Waals surface area contributed by atoms with Gasteiger partial charge < -0.3 is 9.80 Å². The molecule has 0 radical (unpaired) electrons. The zero-order valence-corrected chi connectivity index (χ0v) is 17.8. The molecular weight excluding hydrogens is 438 g/mol. The van der Waals surface area contributed by atoms with Crippen molar-refractivity contribution in [2.24, 2.45) is 0 Å². The molecule has 2 aromatic heterocycles. The van der Waals surface area contributed by atoms with Gasteiger partial charge in [-0.2, -0.15) is 13.2 Å². The van der Waals surface area contributed by atoms with Crippen LogP contribution < -0.4 is 4.90 Å². The van der Waals surface area contributed by atoms with Gasteiger partial charge in [0, 0.05) is 56.8 Å². The van der Waals surface area contributed by atoms with E-state index in [1.54, 1.807) is 18.2 Å². The molecule has 0 aliphatic carbocycles. The van der Waals surface area contributed by atoms with Crippen LogP contribution in [0.15, 0.2) is 42.7 Å². The first-order chi connectivity index (χ1) is 15.7. The molecule has 2 fully saturated rings. The average Bonchev–Trinajstić information content (AvgIpc) is 3.20. The summed E-state index contributed by atoms with van der Waals surface area (Å²) in [5.74, 6) is -0.302. The molecule has 1 amide bonds. The highest BCUT2D eigenvalue weighted by Gasteiger charge is 2.62. The topological polar surface area (TPSA) is 62.2 Å². The summed E-state index contributed by atoms with van der Waals surface area (Å²) in [6, 6.07) is 7.88. The molecule has 0 saturated carbocycles. The first-order valence-electron chi connectivity index (χ1n) is 10.6. The Hall–Kier alpha value is -3.30. The van der Waals surface area contributed by atoms with E-state index in [4.69, 9.17) is 0 Å². The standard InChI is InChI=1S/C23H21F4N5O/c1-14(33)31-9-6-22(13-31,23(25,26)27)21-20(28-7-8-29-21)16-11-32(12-16)19-5-2-15-10-17(24)3-4-18(15)30-19/h2-5,7-8,10,16H,6,9,11-13H2,1H3. The van der Waals surface area contributed by atoms with Crippen LogP contribution in [0, 0.1) is 5.82 Å². The largest absolute Gasteiger partial charge is 0.401 e. The molecule has 2 aliphatic rings. The van der Waals surface area contributed by atoms with Crippen LogP contribution in [-0.4, -0.2) is 58.1 Å². The Balaban J connectivity index is 1.42. The van der Waals surface area contributed by atoms with Crippen molar-refractivity contribution in [3.8, 4) is 0 Å². The maximum Gasteiger partial charge on any atom is 0.401 e. The highest BCUT2D eigenvalue weighted by atomic mass is 19.4. The third kappa shape index (κ3) is 3.57. The number of likely N-dealkylation sites (tertiary alicyclic amines) is 1. The van der Waals surface area contributed by atoms with E-state index in [0.717, 1.165) is 0 Å². The van der Waals surface area contributed by atoms with E-state index in [0.29, 0.717) is 35.5 Å². The number of aromatic nitrogens is 3. The lowest BCUT2D eigenvalue weighted by atomic mass is 9.78. The number of anilines is 1. The highest BCUT2D eigenvalue weighted by Crippen LogP contribution is 2.49. The van der Waals surface area contributed by atoms with Crippen LogP contribution in [0.25, 0.3) is 10.9 Å². The number of hydrogen-bond donors (Lipinski definition) is 0. The minimum atomic E-state index is -4.57. The smallest absolute Gasteiger partial charge is 0.355 e. The summed E-state index contributed by atoms with van der Waals surface area (Å²) in [5, 5.41) is 0.676. The number of halogens is 4. The maximum atomic E-state index is 14.4. The molecule has 33 heavy (non-hydrogen) atoms. The number of alkyl halides is 3. The number of hydrogen-bond acceptors (Lipinski definition) is 5. The second-order valence-corrected chi connectivity index (χ2v) is 8.67. The van der Waals surface area contributed by atoms with Crippen molar-refractivity contribution in [3.63, 3.8) is 0 Å². The quantitative estimate of drug-likeness (QED) is 0.558. The minimum absolute atomic E-state index is 0.0310. The lowest BCUT2D eigenvalue weighted by Gasteiger charge is -2.42. The van der Waals surface area contributed by atoms with Crippen molar-refractivity contribution in [2.45, 2.75) is 30.9 Å². The second kappa shape index (κ2) is 7.64. The molecule has 0 N–H and O–H groups in total. The van der Waals surface area contributed by atoms with Crippen LogP contribution in [0.5, 0.6) is 0 Å². The minimum Gasteiger partial charge on any atom is -0.355 e. The van der Waals surface area contributed by atoms with E-state index in [9.17, 15) is 22.4 Å². The number of nitrogens with zero attached hydrogens (tertiary/aromatic N) is 5. The van der Waals surface area contributed by atoms with E-state index in [-0.39, 0.29) is 36.3 Å². The Morgan fingerprint density at radius 3 is 2.58 bits per heavy atom. The van der Waals surface area contributed by atoms with Gasteiger partial charge in [0.25, 0.3) is 0 Å². The van der Waals surface area contributed by atoms with Crippen molar-refractivity contribution in [2.75, 3.05) is 31.1 Å². The first kappa shape index (κ1) is 21.5. The summed E-state index contributed by atoms with van der Waals surface area (Å²) in [5.41, 5.74) is -1.36. The number of fused-ring (bicyclic) bond motifs is 1. The number of rotatable bonds is 3. The van der Waals surface area contributed by atoms with Crippen LogP contribution in [0.1, 0.15) is 30.7 Å². The fourth-order valence-corrected chi connectivity index (χ4v) is 4.75. The Kier molecular flexibility index (Phi) is 4.98. The lowest BCUT2D eigenvalue weighted by Crippen LogP contribution is -2.50. The van der Waals surface area contributed by atoms with Crippen molar-refractivity contribution in [1.82, 2.24) is 19.9 Å². The summed E-state index contributed by atoms with van der Waals surface area (Å²) in [4.78, 5) is 28.0. The van der Waals surface area contributed by atoms with E-state index in [1.807, 2.05) is 4.90 Å². The van der Waals surface area contributed by atoms with Gasteiger partial charge in [-0.1, -0.05) is 0 Å². The Bertz CT molecular complexity index is 1230. The third-order valence-corrected chi connectivity index (χ3v) is 6.67. The van der Waals surface area contributed by atoms with Crippen LogP contribution in [0.2, 0.25) is 0 Å². The van der Waals surface area contributed by atoms with E-state index in [1.165, 1.54) is 36.4 Å². The SMILES string of the molecule is CC(=O)N1CCC(c2nccnc2C2CN(c3ccc4cc(F)ccc4n3)C2)(C(F)(F)F)C1. The molecule has 4 heterocycles. The maximum absolute atomic E-state index is 14.4. The van der Waals surface area contributed by atoms with Gasteiger partial charge in [0.05, 0.1) is 16.9 Å². The zero-order valence-electron chi connectivity index (χ0n) is 17.8. The molecule has 0 spiro atoms. The zero-order chi connectivity index (χ0) is 23.4. The average molecular weight is 459 g/mol. The number of amides is 1. The summed E-state index contributed by atoms with van der Waals surface area (Å²) in [6.45, 7) is 1.74. The molecule has 5 rings (SSSR count). The normalized spacial score (nSPS) is 21.5. The van der Waals surface area contributed by atoms with Crippen LogP contribution in [0.4, 0.5) is 23.4 Å². The van der Waals surface area contributed by atoms with E-state index in [2.05, 4.69) is 15.0 Å². The van der Waals surface area contributed by atoms with Gasteiger partial charge in [-0.25, -0.2) is 9.37 Å². The Labute approximate surface area is 187 Å². The third-order valence-electron chi connectivity index (χ3n) is 6.67. The van der Waals surface area contributed by atoms with Crippen molar-refractivity contribution < 1.29 is 22.4 Å². The number of benzene rings is 1. The van der Waals surface area contributed by atoms with Crippen molar-refractivity contribution in [1.29, 1.82) is 0 Å². The predicted octanol–water partition coefficient (Wildman–Crippen LogP) is 3.82. The molecule has 1 atom stereocenters. The van der Waals surface area contributed by atoms with Gasteiger partial charge in [0.2, 0.25) is 5.91 Å². The fraction of sp³-hybridized carbons (Fsp3) is 0.391. The summed E-state index contributed by atoms with van der Waals surface area (Å²) < 4.78 is 56.5. The highest BCUT2D eigenvalue weighted by molar-refractivity contribution is 5.80. The molecule has 3 aromatic rings. The first-order valence-corrected chi connectivity index (χ1v) is 10.6. The number of pyridine rings is 1. The van der Waals surface area contributed by atoms with E-state index < -0.39 is 18.1 Å². The van der Waals surface area contributed by atoms with Crippen LogP contribution >= 0.6 is 0 Å². The summed E-state index contributed by atoms with van der Waals surface area (Å²) >= 11 is 0. The van der Waals surface area contributed by atoms with E-state index >= 15 is 0 Å². The predicted molar refractivity (Wildman–Crippen MR) is 113 cm³/mol. The molecule has 10 heteroatoms. The Morgan fingerprint density at radius 1 is 1.12 bits per heavy atom. The van der Waals surface area contributed by atoms with Gasteiger partial charge in [0.1, 0.15) is 17.1 Å². The lowest BCUT2D eigenvalue weighted by molar-refractivity contribution is -0.188. The molecule has 6 nitrogen and oxygen atoms in total. The Morgan fingerprint density at radius 2 is 1.88 bits per heavy atom. The van der Waals surface area contributed by atoms with Crippen molar-refractivity contribution >= 4 is 22.6 Å². The summed E-state index contributed by atoms with van der Waals surface area (Å²) in [6.07, 6.45) is -2.11. The van der Waals surface area contributed by atoms with Gasteiger partial charge in [-0.15, -0.1) is 0 Å². The molecule has 1 aromatic carbocycles. The molecular formula is C23H21F4N5O. The summed E-state index contributed by atoms with van der Waals surface area (Å²) in [7, 11) is 0. The van der Waals surface area contributed by atoms with Gasteiger partial charge in [-0.05, 0) is 36.8 Å². The number of carbonyl (C=O) groups is 1. The molecule has 2 aliphatic heterocycles. The van der Waals surface area contributed by atoms with Gasteiger partial charge in [0.15, 0.2) is 0 Å². The van der Waals surface area contributed by atoms with Crippen LogP contribution in [-0.2, 0) is 10.2 Å². The molecule has 0 bridgehead atoms. The van der Waals surface area contributed by atoms with Crippen molar-refractivity contribution in [3.05, 3.63) is 59.9 Å². The molecule has 1 unspecified atom stereocenters. The monoisotopic (exact) mass is 459 g/mol.